The van der Waals surface area contributed by atoms with Gasteiger partial charge in [0.1, 0.15) is 5.75 Å². The first kappa shape index (κ1) is 19.8. The van der Waals surface area contributed by atoms with E-state index >= 15 is 0 Å². The summed E-state index contributed by atoms with van der Waals surface area (Å²) < 4.78 is 9.03. The Kier molecular flexibility index (Phi) is 4.90. The lowest BCUT2D eigenvalue weighted by atomic mass is 9.95. The van der Waals surface area contributed by atoms with Crippen LogP contribution in [0.4, 0.5) is 0 Å². The molecule has 0 saturated heterocycles. The maximum atomic E-state index is 13.4. The van der Waals surface area contributed by atoms with Gasteiger partial charge in [0.2, 0.25) is 5.91 Å². The molecule has 4 rings (SSSR count). The molecular formula is C21H21N5O3S. The summed E-state index contributed by atoms with van der Waals surface area (Å²) in [5.41, 5.74) is 8.83. The van der Waals surface area contributed by atoms with Crippen molar-refractivity contribution in [2.24, 2.45) is 17.8 Å². The molecule has 0 unspecified atom stereocenters. The predicted octanol–water partition coefficient (Wildman–Crippen LogP) is 0.771. The predicted molar refractivity (Wildman–Crippen MR) is 114 cm³/mol. The van der Waals surface area contributed by atoms with Gasteiger partial charge in [-0.3, -0.25) is 18.8 Å². The Morgan fingerprint density at radius 2 is 1.97 bits per heavy atom. The molecule has 8 nitrogen and oxygen atoms in total. The zero-order valence-corrected chi connectivity index (χ0v) is 17.9. The number of carbonyl (C=O) groups excluding carboxylic acids is 1. The van der Waals surface area contributed by atoms with E-state index in [0.29, 0.717) is 26.4 Å². The monoisotopic (exact) mass is 423 g/mol. The normalized spacial score (nSPS) is 16.4. The lowest BCUT2D eigenvalue weighted by Crippen LogP contribution is -2.40. The van der Waals surface area contributed by atoms with E-state index in [1.165, 1.54) is 15.9 Å². The number of nitrogens with two attached hydrogens (primary N) is 1. The van der Waals surface area contributed by atoms with Gasteiger partial charge in [-0.1, -0.05) is 23.5 Å². The topological polar surface area (TPSA) is 104 Å². The van der Waals surface area contributed by atoms with Gasteiger partial charge in [0.15, 0.2) is 4.80 Å². The molecule has 9 heteroatoms. The number of nitrogens with zero attached hydrogens (tertiary/aromatic N) is 4. The highest BCUT2D eigenvalue weighted by Gasteiger charge is 2.31. The third kappa shape index (κ3) is 3.17. The van der Waals surface area contributed by atoms with E-state index in [2.05, 4.69) is 10.1 Å². The van der Waals surface area contributed by atoms with Crippen LogP contribution < -0.4 is 25.4 Å². The van der Waals surface area contributed by atoms with Crippen LogP contribution in [0.1, 0.15) is 29.8 Å². The number of allylic oxidation sites excluding steroid dienone is 1. The number of ether oxygens (including phenoxy) is 1. The van der Waals surface area contributed by atoms with Crippen LogP contribution in [-0.2, 0) is 11.8 Å². The highest BCUT2D eigenvalue weighted by Crippen LogP contribution is 2.30. The molecule has 154 valence electrons. The van der Waals surface area contributed by atoms with E-state index in [9.17, 15) is 9.59 Å². The zero-order valence-electron chi connectivity index (χ0n) is 17.0. The average Bonchev–Trinajstić information content (AvgIpc) is 3.20. The third-order valence-corrected chi connectivity index (χ3v) is 6.26. The first-order valence-corrected chi connectivity index (χ1v) is 10.1. The molecular weight excluding hydrogens is 402 g/mol. The number of aryl methyl sites for hydroxylation is 1. The van der Waals surface area contributed by atoms with E-state index in [1.54, 1.807) is 43.1 Å². The summed E-state index contributed by atoms with van der Waals surface area (Å²) in [7, 11) is 3.43. The quantitative estimate of drug-likeness (QED) is 0.669. The largest absolute Gasteiger partial charge is 0.497 e. The van der Waals surface area contributed by atoms with Gasteiger partial charge in [0.25, 0.3) is 5.56 Å². The van der Waals surface area contributed by atoms with E-state index in [0.717, 1.165) is 16.8 Å². The smallest absolute Gasteiger partial charge is 0.271 e. The fraction of sp³-hybridized carbons (Fsp3) is 0.238. The first-order valence-electron chi connectivity index (χ1n) is 9.26. The maximum absolute atomic E-state index is 13.4. The van der Waals surface area contributed by atoms with Crippen LogP contribution in [0.2, 0.25) is 0 Å². The van der Waals surface area contributed by atoms with Crippen LogP contribution >= 0.6 is 11.3 Å². The Morgan fingerprint density at radius 3 is 2.53 bits per heavy atom. The number of aromatic nitrogens is 3. The molecule has 2 aromatic heterocycles. The fourth-order valence-corrected chi connectivity index (χ4v) is 4.57. The van der Waals surface area contributed by atoms with Crippen molar-refractivity contribution in [1.29, 1.82) is 0 Å². The van der Waals surface area contributed by atoms with Gasteiger partial charge >= 0.3 is 0 Å². The van der Waals surface area contributed by atoms with Crippen LogP contribution in [-0.4, -0.2) is 27.4 Å². The summed E-state index contributed by atoms with van der Waals surface area (Å²) in [6, 6.07) is 6.58. The number of fused-ring (bicyclic) bond motifs is 1. The van der Waals surface area contributed by atoms with Crippen LogP contribution in [0.25, 0.3) is 6.08 Å². The Morgan fingerprint density at radius 1 is 1.27 bits per heavy atom. The second-order valence-electron chi connectivity index (χ2n) is 7.03. The van der Waals surface area contributed by atoms with Crippen molar-refractivity contribution in [3.05, 3.63) is 78.2 Å². The van der Waals surface area contributed by atoms with Crippen molar-refractivity contribution >= 4 is 23.3 Å². The van der Waals surface area contributed by atoms with E-state index in [4.69, 9.17) is 10.5 Å². The summed E-state index contributed by atoms with van der Waals surface area (Å²) in [6.07, 6.45) is 3.52. The molecule has 0 saturated carbocycles. The van der Waals surface area contributed by atoms with Gasteiger partial charge in [-0.25, -0.2) is 4.99 Å². The van der Waals surface area contributed by atoms with Gasteiger partial charge in [-0.15, -0.1) is 0 Å². The first-order chi connectivity index (χ1) is 14.3. The Bertz CT molecular complexity index is 1360. The lowest BCUT2D eigenvalue weighted by Gasteiger charge is -2.24. The molecule has 0 radical (unpaired) electrons. The minimum atomic E-state index is -0.651. The van der Waals surface area contributed by atoms with Gasteiger partial charge in [0, 0.05) is 18.3 Å². The average molecular weight is 423 g/mol. The molecule has 0 bridgehead atoms. The molecule has 1 atom stereocenters. The molecule has 1 aliphatic rings. The number of hydrogen-bond donors (Lipinski definition) is 1. The number of benzene rings is 1. The zero-order chi connectivity index (χ0) is 21.6. The summed E-state index contributed by atoms with van der Waals surface area (Å²) >= 11 is 1.28. The minimum absolute atomic E-state index is 0.228. The number of amides is 1. The Balaban J connectivity index is 1.97. The number of methoxy groups -OCH3 is 1. The van der Waals surface area contributed by atoms with Crippen LogP contribution in [0, 0.1) is 6.92 Å². The summed E-state index contributed by atoms with van der Waals surface area (Å²) in [5, 5.41) is 4.23. The van der Waals surface area contributed by atoms with Crippen molar-refractivity contribution in [1.82, 2.24) is 14.3 Å². The van der Waals surface area contributed by atoms with Crippen molar-refractivity contribution < 1.29 is 9.53 Å². The van der Waals surface area contributed by atoms with Crippen molar-refractivity contribution in [3.8, 4) is 5.75 Å². The molecule has 3 aromatic rings. The maximum Gasteiger partial charge on any atom is 0.271 e. The van der Waals surface area contributed by atoms with Crippen LogP contribution in [0.3, 0.4) is 0 Å². The molecule has 0 aliphatic carbocycles. The van der Waals surface area contributed by atoms with Crippen molar-refractivity contribution in [2.75, 3.05) is 7.11 Å². The summed E-state index contributed by atoms with van der Waals surface area (Å²) in [4.78, 5) is 30.7. The molecule has 2 N–H and O–H groups in total. The number of primary amides is 1. The lowest BCUT2D eigenvalue weighted by molar-refractivity contribution is -0.115. The van der Waals surface area contributed by atoms with Gasteiger partial charge in [0.05, 0.1) is 35.2 Å². The molecule has 1 aliphatic heterocycles. The number of hydrogen-bond acceptors (Lipinski definition) is 6. The molecule has 0 spiro atoms. The molecule has 1 amide bonds. The second kappa shape index (κ2) is 7.42. The fourth-order valence-electron chi connectivity index (χ4n) is 3.54. The SMILES string of the molecule is COc1ccc([C@@H]2C(C(N)=O)=C(C)N=c3s/c(=C/c4cnn(C)c4C)c(=O)n32)cc1. The van der Waals surface area contributed by atoms with Crippen LogP contribution in [0.5, 0.6) is 5.75 Å². The standard InChI is InChI=1S/C21H21N5O3S/c1-11-17(19(22)27)18(13-5-7-15(29-4)8-6-13)26-20(28)16(30-21(26)24-11)9-14-10-23-25(3)12(14)2/h5-10,18H,1-4H3,(H2,22,27)/b16-9+/t18-/m1/s1. The summed E-state index contributed by atoms with van der Waals surface area (Å²) in [5.74, 6) is 0.0778. The highest BCUT2D eigenvalue weighted by molar-refractivity contribution is 7.07. The molecule has 30 heavy (non-hydrogen) atoms. The molecule has 0 fully saturated rings. The van der Waals surface area contributed by atoms with Gasteiger partial charge in [-0.2, -0.15) is 5.10 Å². The molecule has 1 aromatic carbocycles. The Labute approximate surface area is 176 Å². The van der Waals surface area contributed by atoms with E-state index in [1.807, 2.05) is 26.1 Å². The van der Waals surface area contributed by atoms with Crippen molar-refractivity contribution in [3.63, 3.8) is 0 Å². The van der Waals surface area contributed by atoms with E-state index < -0.39 is 11.9 Å². The highest BCUT2D eigenvalue weighted by atomic mass is 32.1. The van der Waals surface area contributed by atoms with Crippen LogP contribution in [0.15, 0.2) is 51.5 Å². The number of rotatable bonds is 4. The van der Waals surface area contributed by atoms with Gasteiger partial charge in [-0.05, 0) is 37.6 Å². The minimum Gasteiger partial charge on any atom is -0.497 e. The van der Waals surface area contributed by atoms with E-state index in [-0.39, 0.29) is 5.56 Å². The van der Waals surface area contributed by atoms with Crippen molar-refractivity contribution in [2.45, 2.75) is 19.9 Å². The number of carbonyl (C=O) groups is 1. The Hall–Kier alpha value is -3.46. The van der Waals surface area contributed by atoms with Gasteiger partial charge < -0.3 is 10.5 Å². The summed E-state index contributed by atoms with van der Waals surface area (Å²) in [6.45, 7) is 3.67. The second-order valence-corrected chi connectivity index (χ2v) is 8.04. The number of thiazole rings is 1. The molecule has 3 heterocycles. The third-order valence-electron chi connectivity index (χ3n) is 5.28.